The molecule has 1 aromatic rings. The minimum atomic E-state index is 0.679. The lowest BCUT2D eigenvalue weighted by Crippen LogP contribution is -1.90. The molecule has 0 aromatic carbocycles. The van der Waals surface area contributed by atoms with Crippen molar-refractivity contribution in [3.05, 3.63) is 21.4 Å². The van der Waals surface area contributed by atoms with Crippen molar-refractivity contribution < 1.29 is 4.74 Å². The van der Waals surface area contributed by atoms with Gasteiger partial charge < -0.3 is 4.74 Å². The van der Waals surface area contributed by atoms with Gasteiger partial charge in [0.2, 0.25) is 5.88 Å². The number of nitrogens with zero attached hydrogens (tertiary/aromatic N) is 1. The van der Waals surface area contributed by atoms with Gasteiger partial charge in [0.1, 0.15) is 0 Å². The summed E-state index contributed by atoms with van der Waals surface area (Å²) in [4.78, 5) is 4.16. The lowest BCUT2D eigenvalue weighted by Gasteiger charge is -1.99. The van der Waals surface area contributed by atoms with Crippen LogP contribution in [-0.4, -0.2) is 12.1 Å². The number of pyridine rings is 1. The third-order valence-corrected chi connectivity index (χ3v) is 2.35. The molecule has 0 saturated heterocycles. The minimum absolute atomic E-state index is 0.679. The zero-order chi connectivity index (χ0) is 7.56. The van der Waals surface area contributed by atoms with Crippen LogP contribution in [0.3, 0.4) is 0 Å². The Morgan fingerprint density at radius 3 is 2.70 bits per heavy atom. The van der Waals surface area contributed by atoms with Gasteiger partial charge in [0.05, 0.1) is 12.8 Å². The Bertz CT molecular complexity index is 237. The Kier molecular flexibility index (Phi) is 2.48. The maximum absolute atomic E-state index is 4.94. The van der Waals surface area contributed by atoms with Crippen LogP contribution in [0.5, 0.6) is 5.88 Å². The Morgan fingerprint density at radius 2 is 2.20 bits per heavy atom. The highest BCUT2D eigenvalue weighted by Gasteiger charge is 1.96. The molecule has 3 heteroatoms. The quantitative estimate of drug-likeness (QED) is 0.710. The standard InChI is InChI=1S/C7H8INO/c1-5-6(8)3-4-7(9-5)10-2/h3-4H,1-2H3. The molecule has 10 heavy (non-hydrogen) atoms. The van der Waals surface area contributed by atoms with Crippen molar-refractivity contribution in [3.8, 4) is 5.88 Å². The number of halogens is 1. The molecule has 0 fully saturated rings. The molecule has 0 spiro atoms. The number of aromatic nitrogens is 1. The summed E-state index contributed by atoms with van der Waals surface area (Å²) in [5.74, 6) is 0.679. The molecular weight excluding hydrogens is 241 g/mol. The van der Waals surface area contributed by atoms with Crippen molar-refractivity contribution in [2.24, 2.45) is 0 Å². The molecule has 0 aliphatic carbocycles. The van der Waals surface area contributed by atoms with E-state index >= 15 is 0 Å². The predicted octanol–water partition coefficient (Wildman–Crippen LogP) is 2.00. The van der Waals surface area contributed by atoms with Crippen molar-refractivity contribution in [2.75, 3.05) is 7.11 Å². The minimum Gasteiger partial charge on any atom is -0.481 e. The second kappa shape index (κ2) is 3.18. The second-order valence-electron chi connectivity index (χ2n) is 1.92. The lowest BCUT2D eigenvalue weighted by atomic mass is 10.4. The molecule has 0 radical (unpaired) electrons. The molecule has 0 atom stereocenters. The molecule has 0 aliphatic rings. The van der Waals surface area contributed by atoms with Gasteiger partial charge >= 0.3 is 0 Å². The summed E-state index contributed by atoms with van der Waals surface area (Å²) in [7, 11) is 1.62. The van der Waals surface area contributed by atoms with E-state index in [1.165, 1.54) is 3.57 Å². The van der Waals surface area contributed by atoms with E-state index in [0.717, 1.165) is 5.69 Å². The second-order valence-corrected chi connectivity index (χ2v) is 3.08. The van der Waals surface area contributed by atoms with Gasteiger partial charge in [-0.15, -0.1) is 0 Å². The maximum Gasteiger partial charge on any atom is 0.213 e. The van der Waals surface area contributed by atoms with Gasteiger partial charge in [0.25, 0.3) is 0 Å². The highest BCUT2D eigenvalue weighted by Crippen LogP contribution is 2.13. The fourth-order valence-corrected chi connectivity index (χ4v) is 0.935. The summed E-state index contributed by atoms with van der Waals surface area (Å²) in [6.07, 6.45) is 0. The van der Waals surface area contributed by atoms with Crippen molar-refractivity contribution in [1.82, 2.24) is 4.98 Å². The first-order valence-electron chi connectivity index (χ1n) is 2.91. The highest BCUT2D eigenvalue weighted by atomic mass is 127. The molecule has 0 unspecified atom stereocenters. The lowest BCUT2D eigenvalue weighted by molar-refractivity contribution is 0.396. The van der Waals surface area contributed by atoms with Gasteiger partial charge in [-0.2, -0.15) is 0 Å². The van der Waals surface area contributed by atoms with Gasteiger partial charge in [0.15, 0.2) is 0 Å². The Hall–Kier alpha value is -0.320. The van der Waals surface area contributed by atoms with Gasteiger partial charge in [0, 0.05) is 9.64 Å². The van der Waals surface area contributed by atoms with Gasteiger partial charge in [-0.3, -0.25) is 0 Å². The van der Waals surface area contributed by atoms with Crippen LogP contribution in [-0.2, 0) is 0 Å². The smallest absolute Gasteiger partial charge is 0.213 e. The van der Waals surface area contributed by atoms with Gasteiger partial charge in [-0.05, 0) is 35.6 Å². The van der Waals surface area contributed by atoms with Crippen molar-refractivity contribution >= 4 is 22.6 Å². The van der Waals surface area contributed by atoms with Crippen LogP contribution in [0.4, 0.5) is 0 Å². The van der Waals surface area contributed by atoms with E-state index in [4.69, 9.17) is 4.74 Å². The topological polar surface area (TPSA) is 22.1 Å². The third kappa shape index (κ3) is 1.59. The van der Waals surface area contributed by atoms with Gasteiger partial charge in [-0.25, -0.2) is 4.98 Å². The van der Waals surface area contributed by atoms with E-state index < -0.39 is 0 Å². The summed E-state index contributed by atoms with van der Waals surface area (Å²) in [5, 5.41) is 0. The van der Waals surface area contributed by atoms with E-state index in [2.05, 4.69) is 27.6 Å². The number of hydrogen-bond acceptors (Lipinski definition) is 2. The Morgan fingerprint density at radius 1 is 1.50 bits per heavy atom. The summed E-state index contributed by atoms with van der Waals surface area (Å²) >= 11 is 2.24. The first-order valence-corrected chi connectivity index (χ1v) is 3.99. The normalized spacial score (nSPS) is 9.50. The zero-order valence-corrected chi connectivity index (χ0v) is 8.05. The molecule has 2 nitrogen and oxygen atoms in total. The average Bonchev–Trinajstić information content (AvgIpc) is 1.95. The molecular formula is C7H8INO. The molecule has 1 rings (SSSR count). The van der Waals surface area contributed by atoms with Crippen LogP contribution in [0, 0.1) is 10.5 Å². The fourth-order valence-electron chi connectivity index (χ4n) is 0.635. The average molecular weight is 249 g/mol. The Balaban J connectivity index is 3.04. The number of ether oxygens (including phenoxy) is 1. The fraction of sp³-hybridized carbons (Fsp3) is 0.286. The van der Waals surface area contributed by atoms with Crippen molar-refractivity contribution in [1.29, 1.82) is 0 Å². The van der Waals surface area contributed by atoms with E-state index in [1.807, 2.05) is 19.1 Å². The predicted molar refractivity (Wildman–Crippen MR) is 48.2 cm³/mol. The van der Waals surface area contributed by atoms with Gasteiger partial charge in [-0.1, -0.05) is 0 Å². The van der Waals surface area contributed by atoms with E-state index in [-0.39, 0.29) is 0 Å². The summed E-state index contributed by atoms with van der Waals surface area (Å²) in [6, 6.07) is 3.84. The summed E-state index contributed by atoms with van der Waals surface area (Å²) in [5.41, 5.74) is 1.01. The van der Waals surface area contributed by atoms with Crippen LogP contribution < -0.4 is 4.74 Å². The van der Waals surface area contributed by atoms with Crippen LogP contribution >= 0.6 is 22.6 Å². The molecule has 1 aromatic heterocycles. The Labute approximate surface area is 73.8 Å². The van der Waals surface area contributed by atoms with Crippen LogP contribution in [0.15, 0.2) is 12.1 Å². The zero-order valence-electron chi connectivity index (χ0n) is 5.89. The van der Waals surface area contributed by atoms with Crippen molar-refractivity contribution in [2.45, 2.75) is 6.92 Å². The molecule has 0 saturated carbocycles. The molecule has 0 bridgehead atoms. The third-order valence-electron chi connectivity index (χ3n) is 1.20. The van der Waals surface area contributed by atoms with E-state index in [0.29, 0.717) is 5.88 Å². The molecule has 1 heterocycles. The van der Waals surface area contributed by atoms with Crippen LogP contribution in [0.2, 0.25) is 0 Å². The van der Waals surface area contributed by atoms with E-state index in [9.17, 15) is 0 Å². The van der Waals surface area contributed by atoms with E-state index in [1.54, 1.807) is 7.11 Å². The molecule has 0 aliphatic heterocycles. The molecule has 0 amide bonds. The number of rotatable bonds is 1. The highest BCUT2D eigenvalue weighted by molar-refractivity contribution is 14.1. The monoisotopic (exact) mass is 249 g/mol. The first kappa shape index (κ1) is 7.78. The SMILES string of the molecule is COc1ccc(I)c(C)n1. The molecule has 0 N–H and O–H groups in total. The number of methoxy groups -OCH3 is 1. The summed E-state index contributed by atoms with van der Waals surface area (Å²) in [6.45, 7) is 1.96. The number of aryl methyl sites for hydroxylation is 1. The molecule has 54 valence electrons. The van der Waals surface area contributed by atoms with Crippen molar-refractivity contribution in [3.63, 3.8) is 0 Å². The maximum atomic E-state index is 4.94. The largest absolute Gasteiger partial charge is 0.481 e. The van der Waals surface area contributed by atoms with Crippen LogP contribution in [0.25, 0.3) is 0 Å². The van der Waals surface area contributed by atoms with Crippen LogP contribution in [0.1, 0.15) is 5.69 Å². The number of hydrogen-bond donors (Lipinski definition) is 0. The summed E-state index contributed by atoms with van der Waals surface area (Å²) < 4.78 is 6.10. The first-order chi connectivity index (χ1) is 4.74.